The highest BCUT2D eigenvalue weighted by Crippen LogP contribution is 2.40. The summed E-state index contributed by atoms with van der Waals surface area (Å²) in [5.41, 5.74) is 7.30. The van der Waals surface area contributed by atoms with Crippen LogP contribution >= 0.6 is 0 Å². The Labute approximate surface area is 95.4 Å². The second-order valence-corrected chi connectivity index (χ2v) is 4.55. The van der Waals surface area contributed by atoms with Crippen LogP contribution in [0.25, 0.3) is 0 Å². The van der Waals surface area contributed by atoms with Gasteiger partial charge in [0.15, 0.2) is 0 Å². The largest absolute Gasteiger partial charge is 0.388 e. The topological polar surface area (TPSA) is 38.4 Å². The minimum Gasteiger partial charge on any atom is -0.388 e. The first-order valence-electron chi connectivity index (χ1n) is 5.64. The quantitative estimate of drug-likeness (QED) is 0.604. The number of aliphatic imine (C=N–C) groups is 1. The van der Waals surface area contributed by atoms with Gasteiger partial charge >= 0.3 is 0 Å². The molecule has 0 aromatic heterocycles. The molecule has 0 heterocycles. The van der Waals surface area contributed by atoms with Crippen LogP contribution in [-0.2, 0) is 0 Å². The number of benzene rings is 1. The van der Waals surface area contributed by atoms with E-state index in [1.807, 2.05) is 19.1 Å². The molecule has 0 radical (unpaired) electrons. The van der Waals surface area contributed by atoms with Crippen LogP contribution in [0.3, 0.4) is 0 Å². The molecule has 0 aliphatic heterocycles. The first kappa shape index (κ1) is 11.1. The maximum Gasteiger partial charge on any atom is 0.127 e. The van der Waals surface area contributed by atoms with E-state index in [4.69, 9.17) is 5.73 Å². The van der Waals surface area contributed by atoms with E-state index in [-0.39, 0.29) is 17.8 Å². The minimum absolute atomic E-state index is 0.112. The molecule has 3 heteroatoms. The number of rotatable bonds is 2. The second kappa shape index (κ2) is 4.24. The lowest BCUT2D eigenvalue weighted by Crippen LogP contribution is -2.30. The molecule has 0 spiro atoms. The number of hydrogen-bond donors (Lipinski definition) is 1. The van der Waals surface area contributed by atoms with Gasteiger partial charge in [0.2, 0.25) is 0 Å². The summed E-state index contributed by atoms with van der Waals surface area (Å²) in [6.07, 6.45) is 2.01. The first-order valence-corrected chi connectivity index (χ1v) is 5.64. The van der Waals surface area contributed by atoms with Crippen LogP contribution in [0, 0.1) is 12.7 Å². The van der Waals surface area contributed by atoms with Crippen LogP contribution in [-0.4, -0.2) is 11.9 Å². The third-order valence-electron chi connectivity index (χ3n) is 3.16. The van der Waals surface area contributed by atoms with Gasteiger partial charge in [-0.05, 0) is 43.9 Å². The highest BCUT2D eigenvalue weighted by atomic mass is 19.1. The molecule has 0 amide bonds. The number of aryl methyl sites for hydroxylation is 1. The van der Waals surface area contributed by atoms with Gasteiger partial charge in [-0.3, -0.25) is 4.99 Å². The second-order valence-electron chi connectivity index (χ2n) is 4.55. The Morgan fingerprint density at radius 2 is 2.19 bits per heavy atom. The summed E-state index contributed by atoms with van der Waals surface area (Å²) in [6.45, 7) is 3.67. The fourth-order valence-electron chi connectivity index (χ4n) is 2.19. The maximum absolute atomic E-state index is 13.8. The van der Waals surface area contributed by atoms with Crippen molar-refractivity contribution in [1.29, 1.82) is 0 Å². The Balaban J connectivity index is 2.22. The summed E-state index contributed by atoms with van der Waals surface area (Å²) < 4.78 is 13.8. The third-order valence-corrected chi connectivity index (χ3v) is 3.16. The number of nitrogens with two attached hydrogens (primary N) is 1. The molecule has 1 aliphatic rings. The zero-order valence-electron chi connectivity index (χ0n) is 9.70. The van der Waals surface area contributed by atoms with E-state index in [0.29, 0.717) is 5.84 Å². The van der Waals surface area contributed by atoms with Crippen molar-refractivity contribution in [2.75, 3.05) is 0 Å². The summed E-state index contributed by atoms with van der Waals surface area (Å²) in [4.78, 5) is 4.33. The Morgan fingerprint density at radius 3 is 2.69 bits per heavy atom. The summed E-state index contributed by atoms with van der Waals surface area (Å²) >= 11 is 0. The van der Waals surface area contributed by atoms with E-state index in [0.717, 1.165) is 24.0 Å². The Morgan fingerprint density at radius 1 is 1.44 bits per heavy atom. The molecule has 1 saturated carbocycles. The van der Waals surface area contributed by atoms with Crippen molar-refractivity contribution in [3.8, 4) is 0 Å². The van der Waals surface area contributed by atoms with Crippen LogP contribution in [0.1, 0.15) is 36.8 Å². The fraction of sp³-hybridized carbons (Fsp3) is 0.462. The predicted octanol–water partition coefficient (Wildman–Crippen LogP) is 2.76. The van der Waals surface area contributed by atoms with Gasteiger partial charge in [0, 0.05) is 5.92 Å². The Kier molecular flexibility index (Phi) is 2.95. The van der Waals surface area contributed by atoms with E-state index >= 15 is 0 Å². The molecule has 0 saturated heterocycles. The van der Waals surface area contributed by atoms with Gasteiger partial charge in [0.25, 0.3) is 0 Å². The molecule has 1 aromatic rings. The minimum atomic E-state index is -0.112. The molecule has 2 atom stereocenters. The van der Waals surface area contributed by atoms with Gasteiger partial charge in [0.1, 0.15) is 5.82 Å². The van der Waals surface area contributed by atoms with Crippen LogP contribution < -0.4 is 5.73 Å². The van der Waals surface area contributed by atoms with E-state index in [9.17, 15) is 4.39 Å². The highest BCUT2D eigenvalue weighted by Gasteiger charge is 2.33. The van der Waals surface area contributed by atoms with Gasteiger partial charge in [-0.2, -0.15) is 0 Å². The summed E-state index contributed by atoms with van der Waals surface area (Å²) in [5.74, 6) is 0.681. The average molecular weight is 220 g/mol. The van der Waals surface area contributed by atoms with Crippen molar-refractivity contribution in [3.05, 3.63) is 35.1 Å². The van der Waals surface area contributed by atoms with Crippen LogP contribution in [0.4, 0.5) is 4.39 Å². The number of hydrogen-bond acceptors (Lipinski definition) is 1. The third kappa shape index (κ3) is 2.08. The van der Waals surface area contributed by atoms with E-state index in [2.05, 4.69) is 4.99 Å². The summed E-state index contributed by atoms with van der Waals surface area (Å²) in [6, 6.07) is 5.58. The lowest BCUT2D eigenvalue weighted by molar-refractivity contribution is 0.339. The van der Waals surface area contributed by atoms with Crippen molar-refractivity contribution in [2.45, 2.75) is 38.6 Å². The Hall–Kier alpha value is -1.38. The molecule has 1 aromatic carbocycles. The molecule has 86 valence electrons. The number of amidine groups is 1. The van der Waals surface area contributed by atoms with Crippen LogP contribution in [0.15, 0.2) is 23.2 Å². The first-order chi connectivity index (χ1) is 7.58. The smallest absolute Gasteiger partial charge is 0.127 e. The molecule has 2 N–H and O–H groups in total. The molecule has 1 fully saturated rings. The van der Waals surface area contributed by atoms with Crippen molar-refractivity contribution in [3.63, 3.8) is 0 Å². The van der Waals surface area contributed by atoms with Gasteiger partial charge in [-0.25, -0.2) is 4.39 Å². The van der Waals surface area contributed by atoms with Crippen LogP contribution in [0.5, 0.6) is 0 Å². The number of halogens is 1. The van der Waals surface area contributed by atoms with Gasteiger partial charge in [-0.1, -0.05) is 12.1 Å². The summed E-state index contributed by atoms with van der Waals surface area (Å²) in [7, 11) is 0. The van der Waals surface area contributed by atoms with E-state index in [1.165, 1.54) is 0 Å². The van der Waals surface area contributed by atoms with Crippen LogP contribution in [0.2, 0.25) is 0 Å². The maximum atomic E-state index is 13.8. The van der Waals surface area contributed by atoms with Gasteiger partial charge in [0.05, 0.1) is 11.9 Å². The van der Waals surface area contributed by atoms with Crippen molar-refractivity contribution < 1.29 is 4.39 Å². The van der Waals surface area contributed by atoms with Crippen molar-refractivity contribution in [2.24, 2.45) is 10.7 Å². The molecule has 0 bridgehead atoms. The monoisotopic (exact) mass is 220 g/mol. The standard InChI is InChI=1S/C13H17FN2/c1-8-3-4-10(12(14)7-8)11-5-6-13(11)16-9(2)15/h3-4,7,11,13H,5-6H2,1-2H3,(H2,15,16)/t11-,13-/m1/s1. The highest BCUT2D eigenvalue weighted by molar-refractivity contribution is 5.77. The SMILES string of the molecule is CC(N)=N[C@@H]1CC[C@@H]1c1ccc(C)cc1F. The zero-order valence-corrected chi connectivity index (χ0v) is 9.70. The molecule has 1 aliphatic carbocycles. The van der Waals surface area contributed by atoms with E-state index < -0.39 is 0 Å². The summed E-state index contributed by atoms with van der Waals surface area (Å²) in [5, 5.41) is 0. The van der Waals surface area contributed by atoms with Crippen molar-refractivity contribution >= 4 is 5.84 Å². The average Bonchev–Trinajstić information content (AvgIpc) is 2.17. The van der Waals surface area contributed by atoms with E-state index in [1.54, 1.807) is 13.0 Å². The lowest BCUT2D eigenvalue weighted by atomic mass is 9.75. The van der Waals surface area contributed by atoms with Gasteiger partial charge < -0.3 is 5.73 Å². The molecule has 2 rings (SSSR count). The normalized spacial score (nSPS) is 25.3. The van der Waals surface area contributed by atoms with Gasteiger partial charge in [-0.15, -0.1) is 0 Å². The Bertz CT molecular complexity index is 422. The fourth-order valence-corrected chi connectivity index (χ4v) is 2.19. The molecular weight excluding hydrogens is 203 g/mol. The molecule has 2 nitrogen and oxygen atoms in total. The lowest BCUT2D eigenvalue weighted by Gasteiger charge is -2.34. The van der Waals surface area contributed by atoms with Crippen molar-refractivity contribution in [1.82, 2.24) is 0 Å². The number of nitrogens with zero attached hydrogens (tertiary/aromatic N) is 1. The molecular formula is C13H17FN2. The predicted molar refractivity (Wildman–Crippen MR) is 64.2 cm³/mol. The molecule has 0 unspecified atom stereocenters. The molecule has 16 heavy (non-hydrogen) atoms. The zero-order chi connectivity index (χ0) is 11.7.